The highest BCUT2D eigenvalue weighted by molar-refractivity contribution is 5.83. The van der Waals surface area contributed by atoms with Gasteiger partial charge in [0.15, 0.2) is 5.76 Å². The molecule has 7 heteroatoms. The summed E-state index contributed by atoms with van der Waals surface area (Å²) in [5.41, 5.74) is 0.153. The molecule has 5 rings (SSSR count). The number of nitriles is 1. The summed E-state index contributed by atoms with van der Waals surface area (Å²) in [5.74, 6) is 3.06. The van der Waals surface area contributed by atoms with E-state index in [-0.39, 0.29) is 24.1 Å². The Morgan fingerprint density at radius 1 is 0.824 bits per heavy atom. The van der Waals surface area contributed by atoms with Crippen LogP contribution in [0.5, 0.6) is 11.5 Å². The van der Waals surface area contributed by atoms with E-state index in [0.717, 1.165) is 22.3 Å². The van der Waals surface area contributed by atoms with Crippen molar-refractivity contribution in [3.63, 3.8) is 0 Å². The Morgan fingerprint density at radius 2 is 1.65 bits per heavy atom. The van der Waals surface area contributed by atoms with E-state index < -0.39 is 0 Å². The van der Waals surface area contributed by atoms with Crippen molar-refractivity contribution in [2.45, 2.75) is 6.61 Å². The van der Waals surface area contributed by atoms with E-state index in [1.54, 1.807) is 12.1 Å². The van der Waals surface area contributed by atoms with Crippen LogP contribution in [0.1, 0.15) is 11.5 Å². The van der Waals surface area contributed by atoms with Gasteiger partial charge in [0.25, 0.3) is 5.89 Å². The van der Waals surface area contributed by atoms with Crippen LogP contribution >= 0.6 is 0 Å². The maximum atomic E-state index is 9.41. The molecule has 2 aromatic heterocycles. The zero-order valence-corrected chi connectivity index (χ0v) is 18.2. The first-order valence-corrected chi connectivity index (χ1v) is 10.8. The first-order chi connectivity index (χ1) is 16.8. The predicted molar refractivity (Wildman–Crippen MR) is 128 cm³/mol. The molecule has 0 fully saturated rings. The molecule has 0 atom stereocenters. The van der Waals surface area contributed by atoms with Gasteiger partial charge in [-0.15, -0.1) is 0 Å². The molecule has 0 saturated carbocycles. The van der Waals surface area contributed by atoms with E-state index in [0.29, 0.717) is 24.7 Å². The summed E-state index contributed by atoms with van der Waals surface area (Å²) in [6.07, 6.45) is 0. The lowest BCUT2D eigenvalue weighted by atomic mass is 10.1. The predicted octanol–water partition coefficient (Wildman–Crippen LogP) is 6.03. The molecule has 0 spiro atoms. The highest BCUT2D eigenvalue weighted by Crippen LogP contribution is 2.28. The average Bonchev–Trinajstić information content (AvgIpc) is 3.53. The second-order valence-electron chi connectivity index (χ2n) is 7.46. The van der Waals surface area contributed by atoms with E-state index >= 15 is 0 Å². The van der Waals surface area contributed by atoms with Crippen LogP contribution in [0.25, 0.3) is 22.4 Å². The van der Waals surface area contributed by atoms with Crippen LogP contribution < -0.4 is 14.8 Å². The number of hydrogen-bond acceptors (Lipinski definition) is 7. The van der Waals surface area contributed by atoms with Crippen LogP contribution in [-0.2, 0) is 6.61 Å². The van der Waals surface area contributed by atoms with Crippen molar-refractivity contribution in [1.29, 1.82) is 5.26 Å². The molecule has 0 aliphatic rings. The molecule has 168 valence electrons. The van der Waals surface area contributed by atoms with Crippen LogP contribution in [0.2, 0.25) is 0 Å². The summed E-state index contributed by atoms with van der Waals surface area (Å²) in [4.78, 5) is 4.24. The number of aromatic nitrogens is 1. The zero-order chi connectivity index (χ0) is 23.2. The normalized spacial score (nSPS) is 10.7. The second kappa shape index (κ2) is 9.84. The van der Waals surface area contributed by atoms with Gasteiger partial charge in [0.2, 0.25) is 11.6 Å². The quantitative estimate of drug-likeness (QED) is 0.274. The Bertz CT molecular complexity index is 1430. The van der Waals surface area contributed by atoms with E-state index in [9.17, 15) is 5.26 Å². The lowest BCUT2D eigenvalue weighted by Crippen LogP contribution is -2.11. The molecule has 2 heterocycles. The molecule has 0 saturated heterocycles. The minimum Gasteiger partial charge on any atom is -0.492 e. The number of furan rings is 1. The van der Waals surface area contributed by atoms with Crippen LogP contribution in [0, 0.1) is 11.3 Å². The van der Waals surface area contributed by atoms with E-state index in [1.165, 1.54) is 0 Å². The molecule has 7 nitrogen and oxygen atoms in total. The second-order valence-corrected chi connectivity index (χ2v) is 7.46. The summed E-state index contributed by atoms with van der Waals surface area (Å²) < 4.78 is 23.1. The van der Waals surface area contributed by atoms with Gasteiger partial charge >= 0.3 is 0 Å². The number of benzene rings is 3. The Kier molecular flexibility index (Phi) is 6.12. The third-order valence-corrected chi connectivity index (χ3v) is 5.11. The van der Waals surface area contributed by atoms with Gasteiger partial charge in [0.05, 0.1) is 6.54 Å². The zero-order valence-electron chi connectivity index (χ0n) is 18.2. The molecule has 34 heavy (non-hydrogen) atoms. The summed E-state index contributed by atoms with van der Waals surface area (Å²) in [7, 11) is 0. The molecule has 0 radical (unpaired) electrons. The van der Waals surface area contributed by atoms with Gasteiger partial charge < -0.3 is 23.6 Å². The molecule has 0 amide bonds. The molecule has 1 N–H and O–H groups in total. The number of nitrogens with zero attached hydrogens (tertiary/aromatic N) is 2. The monoisotopic (exact) mass is 451 g/mol. The first-order valence-electron chi connectivity index (χ1n) is 10.8. The smallest absolute Gasteiger partial charge is 0.266 e. The Labute approximate surface area is 196 Å². The van der Waals surface area contributed by atoms with E-state index in [4.69, 9.17) is 18.3 Å². The number of anilines is 1. The average molecular weight is 451 g/mol. The Balaban J connectivity index is 1.20. The maximum absolute atomic E-state index is 9.41. The van der Waals surface area contributed by atoms with Gasteiger partial charge in [-0.2, -0.15) is 10.2 Å². The molecular weight excluding hydrogens is 430 g/mol. The number of hydrogen-bond donors (Lipinski definition) is 1. The van der Waals surface area contributed by atoms with Crippen LogP contribution in [0.15, 0.2) is 93.8 Å². The summed E-state index contributed by atoms with van der Waals surface area (Å²) in [5, 5.41) is 14.7. The fourth-order valence-electron chi connectivity index (χ4n) is 3.45. The minimum absolute atomic E-state index is 0.153. The molecule has 5 aromatic rings. The van der Waals surface area contributed by atoms with Crippen LogP contribution in [0.4, 0.5) is 5.88 Å². The highest BCUT2D eigenvalue weighted by atomic mass is 16.5. The standard InChI is InChI=1S/C27H21N3O4/c28-17-24-26(29-14-15-31-21-8-2-1-3-9-21)34-27(30-24)25-13-12-23(33-25)18-32-22-11-10-19-6-4-5-7-20(19)16-22/h1-13,16,29H,14-15,18H2. The van der Waals surface area contributed by atoms with Crippen LogP contribution in [-0.4, -0.2) is 18.1 Å². The highest BCUT2D eigenvalue weighted by Gasteiger charge is 2.17. The summed E-state index contributed by atoms with van der Waals surface area (Å²) in [6.45, 7) is 1.11. The van der Waals surface area contributed by atoms with Crippen molar-refractivity contribution in [3.8, 4) is 29.2 Å². The third kappa shape index (κ3) is 4.87. The van der Waals surface area contributed by atoms with Crippen molar-refractivity contribution >= 4 is 16.7 Å². The molecular formula is C27H21N3O4. The number of oxazole rings is 1. The molecule has 0 bridgehead atoms. The molecule has 0 aliphatic heterocycles. The van der Waals surface area contributed by atoms with Crippen molar-refractivity contribution in [3.05, 3.63) is 96.4 Å². The Hall–Kier alpha value is -4.70. The van der Waals surface area contributed by atoms with Crippen molar-refractivity contribution in [2.24, 2.45) is 0 Å². The number of fused-ring (bicyclic) bond motifs is 1. The van der Waals surface area contributed by atoms with Gasteiger partial charge in [-0.1, -0.05) is 48.5 Å². The van der Waals surface area contributed by atoms with Crippen LogP contribution in [0.3, 0.4) is 0 Å². The SMILES string of the molecule is N#Cc1nc(-c2ccc(COc3ccc4ccccc4c3)o2)oc1NCCOc1ccccc1. The third-order valence-electron chi connectivity index (χ3n) is 5.11. The topological polar surface area (TPSA) is 93.5 Å². The maximum Gasteiger partial charge on any atom is 0.266 e. The van der Waals surface area contributed by atoms with Crippen molar-refractivity contribution < 1.29 is 18.3 Å². The van der Waals surface area contributed by atoms with E-state index in [1.807, 2.05) is 72.8 Å². The van der Waals surface area contributed by atoms with Gasteiger partial charge in [-0.3, -0.25) is 0 Å². The van der Waals surface area contributed by atoms with Crippen molar-refractivity contribution in [2.75, 3.05) is 18.5 Å². The molecule has 3 aromatic carbocycles. The largest absolute Gasteiger partial charge is 0.492 e. The van der Waals surface area contributed by atoms with Gasteiger partial charge in [0, 0.05) is 0 Å². The van der Waals surface area contributed by atoms with E-state index in [2.05, 4.69) is 16.4 Å². The summed E-state index contributed by atoms with van der Waals surface area (Å²) >= 11 is 0. The number of para-hydroxylation sites is 1. The minimum atomic E-state index is 0.153. The number of ether oxygens (including phenoxy) is 2. The van der Waals surface area contributed by atoms with Gasteiger partial charge in [0.1, 0.15) is 36.5 Å². The fraction of sp³-hybridized carbons (Fsp3) is 0.111. The number of nitrogens with one attached hydrogen (secondary N) is 1. The van der Waals surface area contributed by atoms with Crippen molar-refractivity contribution in [1.82, 2.24) is 4.98 Å². The number of rotatable bonds is 9. The summed E-state index contributed by atoms with van der Waals surface area (Å²) in [6, 6.07) is 29.1. The van der Waals surface area contributed by atoms with Gasteiger partial charge in [-0.25, -0.2) is 0 Å². The Morgan fingerprint density at radius 3 is 2.50 bits per heavy atom. The molecule has 0 unspecified atom stereocenters. The lowest BCUT2D eigenvalue weighted by Gasteiger charge is -2.06. The van der Waals surface area contributed by atoms with Gasteiger partial charge in [-0.05, 0) is 47.2 Å². The first kappa shape index (κ1) is 21.2. The lowest BCUT2D eigenvalue weighted by molar-refractivity contribution is 0.271. The fourth-order valence-corrected chi connectivity index (χ4v) is 3.45. The molecule has 0 aliphatic carbocycles.